The molecule has 2 rings (SSSR count). The quantitative estimate of drug-likeness (QED) is 0.238. The molecule has 1 aliphatic heterocycles. The van der Waals surface area contributed by atoms with Crippen molar-refractivity contribution in [2.75, 3.05) is 39.9 Å². The predicted molar refractivity (Wildman–Crippen MR) is 122 cm³/mol. The van der Waals surface area contributed by atoms with E-state index in [2.05, 4.69) is 40.4 Å². The first-order chi connectivity index (χ1) is 12.6. The Morgan fingerprint density at radius 3 is 2.59 bits per heavy atom. The van der Waals surface area contributed by atoms with E-state index in [1.54, 1.807) is 0 Å². The van der Waals surface area contributed by atoms with Crippen LogP contribution in [-0.2, 0) is 4.74 Å². The van der Waals surface area contributed by atoms with Gasteiger partial charge in [0.25, 0.3) is 0 Å². The molecule has 1 aliphatic rings. The first-order valence-electron chi connectivity index (χ1n) is 9.99. The van der Waals surface area contributed by atoms with E-state index >= 15 is 0 Å². The lowest BCUT2D eigenvalue weighted by atomic mass is 10.1. The van der Waals surface area contributed by atoms with Crippen molar-refractivity contribution < 1.29 is 9.15 Å². The van der Waals surface area contributed by atoms with Crippen LogP contribution in [0.2, 0.25) is 0 Å². The van der Waals surface area contributed by atoms with Crippen LogP contribution in [-0.4, -0.2) is 56.8 Å². The van der Waals surface area contributed by atoms with E-state index in [-0.39, 0.29) is 30.0 Å². The third-order valence-electron chi connectivity index (χ3n) is 4.89. The molecule has 0 spiro atoms. The Bertz CT molecular complexity index is 544. The van der Waals surface area contributed by atoms with Crippen LogP contribution >= 0.6 is 24.0 Å². The molecule has 0 amide bonds. The molecule has 0 bridgehead atoms. The Morgan fingerprint density at radius 2 is 2.00 bits per heavy atom. The lowest BCUT2D eigenvalue weighted by molar-refractivity contribution is 0.0124. The molecule has 2 unspecified atom stereocenters. The standard InChI is InChI=1S/C20H36N4O2.HI/c1-5-6-7-8-16(2)23-20(21-4)22-15-18(19-10-9-17(3)26-19)24-11-13-25-14-12-24;/h9-10,16,18H,5-8,11-15H2,1-4H3,(H2,21,22,23);1H. The zero-order valence-corrected chi connectivity index (χ0v) is 19.6. The van der Waals surface area contributed by atoms with Gasteiger partial charge in [-0.3, -0.25) is 9.89 Å². The number of halogens is 1. The molecular formula is C20H37IN4O2. The molecule has 0 saturated carbocycles. The van der Waals surface area contributed by atoms with Gasteiger partial charge in [0.05, 0.1) is 19.3 Å². The fraction of sp³-hybridized carbons (Fsp3) is 0.750. The molecule has 0 aliphatic carbocycles. The minimum atomic E-state index is 0. The zero-order chi connectivity index (χ0) is 18.8. The summed E-state index contributed by atoms with van der Waals surface area (Å²) in [5, 5.41) is 7.00. The van der Waals surface area contributed by atoms with Gasteiger partial charge in [-0.2, -0.15) is 0 Å². The van der Waals surface area contributed by atoms with E-state index in [4.69, 9.17) is 9.15 Å². The van der Waals surface area contributed by atoms with E-state index < -0.39 is 0 Å². The van der Waals surface area contributed by atoms with Crippen LogP contribution < -0.4 is 10.6 Å². The highest BCUT2D eigenvalue weighted by Crippen LogP contribution is 2.23. The Morgan fingerprint density at radius 1 is 1.26 bits per heavy atom. The van der Waals surface area contributed by atoms with Crippen LogP contribution in [0.25, 0.3) is 0 Å². The van der Waals surface area contributed by atoms with E-state index in [0.717, 1.165) is 50.3 Å². The maximum absolute atomic E-state index is 5.93. The summed E-state index contributed by atoms with van der Waals surface area (Å²) in [6.45, 7) is 10.6. The minimum absolute atomic E-state index is 0. The highest BCUT2D eigenvalue weighted by Gasteiger charge is 2.25. The van der Waals surface area contributed by atoms with Crippen LogP contribution in [0, 0.1) is 6.92 Å². The Labute approximate surface area is 181 Å². The number of hydrogen-bond acceptors (Lipinski definition) is 4. The number of rotatable bonds is 9. The van der Waals surface area contributed by atoms with Crippen LogP contribution in [0.15, 0.2) is 21.5 Å². The number of nitrogens with zero attached hydrogens (tertiary/aromatic N) is 2. The van der Waals surface area contributed by atoms with Crippen molar-refractivity contribution in [3.63, 3.8) is 0 Å². The number of aliphatic imine (C=N–C) groups is 1. The highest BCUT2D eigenvalue weighted by molar-refractivity contribution is 14.0. The summed E-state index contributed by atoms with van der Waals surface area (Å²) >= 11 is 0. The smallest absolute Gasteiger partial charge is 0.191 e. The number of nitrogens with one attached hydrogen (secondary N) is 2. The summed E-state index contributed by atoms with van der Waals surface area (Å²) in [4.78, 5) is 6.82. The second kappa shape index (κ2) is 13.4. The molecule has 1 fully saturated rings. The number of guanidine groups is 1. The monoisotopic (exact) mass is 492 g/mol. The molecular weight excluding hydrogens is 455 g/mol. The van der Waals surface area contributed by atoms with Crippen molar-refractivity contribution in [1.29, 1.82) is 0 Å². The average Bonchev–Trinajstić information content (AvgIpc) is 3.08. The van der Waals surface area contributed by atoms with Crippen molar-refractivity contribution in [3.05, 3.63) is 23.7 Å². The van der Waals surface area contributed by atoms with E-state index in [9.17, 15) is 0 Å². The molecule has 7 heteroatoms. The van der Waals surface area contributed by atoms with Gasteiger partial charge in [0, 0.05) is 32.7 Å². The Hall–Kier alpha value is -0.800. The Kier molecular flexibility index (Phi) is 12.0. The van der Waals surface area contributed by atoms with Crippen molar-refractivity contribution in [3.8, 4) is 0 Å². The number of morpholine rings is 1. The second-order valence-corrected chi connectivity index (χ2v) is 7.11. The second-order valence-electron chi connectivity index (χ2n) is 7.11. The summed E-state index contributed by atoms with van der Waals surface area (Å²) < 4.78 is 11.4. The lowest BCUT2D eigenvalue weighted by Crippen LogP contribution is -2.47. The van der Waals surface area contributed by atoms with Crippen LogP contribution in [0.1, 0.15) is 57.1 Å². The molecule has 0 radical (unpaired) electrons. The summed E-state index contributed by atoms with van der Waals surface area (Å²) in [6.07, 6.45) is 4.96. The van der Waals surface area contributed by atoms with Gasteiger partial charge in [0.1, 0.15) is 11.5 Å². The van der Waals surface area contributed by atoms with E-state index in [1.807, 2.05) is 20.0 Å². The molecule has 2 N–H and O–H groups in total. The number of unbranched alkanes of at least 4 members (excludes halogenated alkanes) is 2. The zero-order valence-electron chi connectivity index (χ0n) is 17.3. The van der Waals surface area contributed by atoms with Gasteiger partial charge >= 0.3 is 0 Å². The van der Waals surface area contributed by atoms with Gasteiger partial charge in [-0.15, -0.1) is 24.0 Å². The largest absolute Gasteiger partial charge is 0.465 e. The fourth-order valence-corrected chi connectivity index (χ4v) is 3.33. The van der Waals surface area contributed by atoms with Gasteiger partial charge in [-0.1, -0.05) is 26.2 Å². The first kappa shape index (κ1) is 24.2. The van der Waals surface area contributed by atoms with Crippen LogP contribution in [0.3, 0.4) is 0 Å². The topological polar surface area (TPSA) is 62.0 Å². The van der Waals surface area contributed by atoms with Crippen molar-refractivity contribution >= 4 is 29.9 Å². The molecule has 6 nitrogen and oxygen atoms in total. The number of furan rings is 1. The van der Waals surface area contributed by atoms with Gasteiger partial charge in [-0.25, -0.2) is 0 Å². The molecule has 1 aromatic heterocycles. The lowest BCUT2D eigenvalue weighted by Gasteiger charge is -2.33. The maximum atomic E-state index is 5.93. The predicted octanol–water partition coefficient (Wildman–Crippen LogP) is 3.71. The highest BCUT2D eigenvalue weighted by atomic mass is 127. The van der Waals surface area contributed by atoms with Gasteiger partial charge in [-0.05, 0) is 32.4 Å². The van der Waals surface area contributed by atoms with Crippen LogP contribution in [0.4, 0.5) is 0 Å². The minimum Gasteiger partial charge on any atom is -0.465 e. The normalized spacial score (nSPS) is 17.9. The number of hydrogen-bond donors (Lipinski definition) is 2. The first-order valence-corrected chi connectivity index (χ1v) is 9.99. The van der Waals surface area contributed by atoms with Crippen molar-refractivity contribution in [2.45, 2.75) is 58.5 Å². The van der Waals surface area contributed by atoms with Gasteiger partial charge in [0.15, 0.2) is 5.96 Å². The molecule has 27 heavy (non-hydrogen) atoms. The summed E-state index contributed by atoms with van der Waals surface area (Å²) in [6, 6.07) is 4.72. The van der Waals surface area contributed by atoms with Crippen molar-refractivity contribution in [2.24, 2.45) is 4.99 Å². The van der Waals surface area contributed by atoms with Gasteiger partial charge < -0.3 is 19.8 Å². The fourth-order valence-electron chi connectivity index (χ4n) is 3.33. The summed E-state index contributed by atoms with van der Waals surface area (Å²) in [5.74, 6) is 2.81. The molecule has 2 heterocycles. The Balaban J connectivity index is 0.00000364. The third kappa shape index (κ3) is 8.39. The summed E-state index contributed by atoms with van der Waals surface area (Å²) in [7, 11) is 1.83. The number of ether oxygens (including phenoxy) is 1. The van der Waals surface area contributed by atoms with E-state index in [1.165, 1.54) is 25.7 Å². The number of aryl methyl sites for hydroxylation is 1. The average molecular weight is 492 g/mol. The van der Waals surface area contributed by atoms with Crippen molar-refractivity contribution in [1.82, 2.24) is 15.5 Å². The molecule has 156 valence electrons. The SMILES string of the molecule is CCCCCC(C)NC(=NC)NCC(c1ccc(C)o1)N1CCOCC1.I. The molecule has 2 atom stereocenters. The van der Waals surface area contributed by atoms with E-state index in [0.29, 0.717) is 6.04 Å². The molecule has 1 saturated heterocycles. The molecule has 1 aromatic rings. The van der Waals surface area contributed by atoms with Crippen LogP contribution in [0.5, 0.6) is 0 Å². The maximum Gasteiger partial charge on any atom is 0.191 e. The third-order valence-corrected chi connectivity index (χ3v) is 4.89. The van der Waals surface area contributed by atoms with Gasteiger partial charge in [0.2, 0.25) is 0 Å². The summed E-state index contributed by atoms with van der Waals surface area (Å²) in [5.41, 5.74) is 0. The molecule has 0 aromatic carbocycles.